The van der Waals surface area contributed by atoms with Gasteiger partial charge in [0.25, 0.3) is 5.91 Å². The molecule has 1 fully saturated rings. The van der Waals surface area contributed by atoms with Crippen LogP contribution in [0.25, 0.3) is 0 Å². The number of hydrogen-bond acceptors (Lipinski definition) is 3. The van der Waals surface area contributed by atoms with Crippen LogP contribution < -0.4 is 10.6 Å². The highest BCUT2D eigenvalue weighted by Crippen LogP contribution is 2.31. The van der Waals surface area contributed by atoms with Crippen molar-refractivity contribution >= 4 is 28.2 Å². The van der Waals surface area contributed by atoms with Gasteiger partial charge >= 0.3 is 0 Å². The van der Waals surface area contributed by atoms with Gasteiger partial charge in [0, 0.05) is 17.5 Å². The summed E-state index contributed by atoms with van der Waals surface area (Å²) in [4.78, 5) is 24.4. The monoisotopic (exact) mass is 350 g/mol. The van der Waals surface area contributed by atoms with Gasteiger partial charge in [-0.3, -0.25) is 9.59 Å². The first-order valence-electron chi connectivity index (χ1n) is 7.60. The second kappa shape index (κ2) is 6.68. The van der Waals surface area contributed by atoms with E-state index in [1.807, 2.05) is 0 Å². The predicted octanol–water partition coefficient (Wildman–Crippen LogP) is 3.87. The molecule has 3 rings (SSSR count). The lowest BCUT2D eigenvalue weighted by Crippen LogP contribution is -2.26. The van der Waals surface area contributed by atoms with E-state index in [1.165, 1.54) is 6.07 Å². The van der Waals surface area contributed by atoms with E-state index >= 15 is 0 Å². The minimum Gasteiger partial charge on any atom is -0.345 e. The van der Waals surface area contributed by atoms with Crippen LogP contribution in [0.15, 0.2) is 30.3 Å². The van der Waals surface area contributed by atoms with Crippen molar-refractivity contribution in [3.05, 3.63) is 52.4 Å². The highest BCUT2D eigenvalue weighted by molar-refractivity contribution is 7.18. The predicted molar refractivity (Wildman–Crippen MR) is 87.9 cm³/mol. The summed E-state index contributed by atoms with van der Waals surface area (Å²) in [6.45, 7) is 1.62. The SMILES string of the molecule is CC(NC(=O)c1ccc(NC(=O)C2CC2)s1)c1ccc(F)cc1F. The quantitative estimate of drug-likeness (QED) is 0.860. The molecule has 0 radical (unpaired) electrons. The van der Waals surface area contributed by atoms with Crippen LogP contribution in [-0.4, -0.2) is 11.8 Å². The molecule has 1 atom stereocenters. The van der Waals surface area contributed by atoms with E-state index < -0.39 is 17.7 Å². The second-order valence-corrected chi connectivity index (χ2v) is 6.87. The summed E-state index contributed by atoms with van der Waals surface area (Å²) in [6, 6.07) is 5.92. The van der Waals surface area contributed by atoms with Crippen LogP contribution in [0, 0.1) is 17.6 Å². The number of carbonyl (C=O) groups is 2. The fraction of sp³-hybridized carbons (Fsp3) is 0.294. The van der Waals surface area contributed by atoms with Crippen molar-refractivity contribution in [2.75, 3.05) is 5.32 Å². The van der Waals surface area contributed by atoms with Gasteiger partial charge in [-0.25, -0.2) is 8.78 Å². The Kier molecular flexibility index (Phi) is 4.62. The van der Waals surface area contributed by atoms with Gasteiger partial charge in [0.2, 0.25) is 5.91 Å². The van der Waals surface area contributed by atoms with Crippen LogP contribution in [-0.2, 0) is 4.79 Å². The van der Waals surface area contributed by atoms with Crippen LogP contribution >= 0.6 is 11.3 Å². The molecule has 1 aliphatic rings. The summed E-state index contributed by atoms with van der Waals surface area (Å²) < 4.78 is 26.7. The van der Waals surface area contributed by atoms with E-state index in [-0.39, 0.29) is 23.3 Å². The van der Waals surface area contributed by atoms with Gasteiger partial charge in [-0.1, -0.05) is 6.07 Å². The molecule has 2 amide bonds. The molecule has 1 heterocycles. The molecule has 1 saturated carbocycles. The van der Waals surface area contributed by atoms with E-state index in [2.05, 4.69) is 10.6 Å². The van der Waals surface area contributed by atoms with Crippen LogP contribution in [0.5, 0.6) is 0 Å². The summed E-state index contributed by atoms with van der Waals surface area (Å²) in [5, 5.41) is 6.06. The van der Waals surface area contributed by atoms with E-state index in [9.17, 15) is 18.4 Å². The van der Waals surface area contributed by atoms with Gasteiger partial charge in [-0.2, -0.15) is 0 Å². The van der Waals surface area contributed by atoms with Gasteiger partial charge in [0.15, 0.2) is 0 Å². The van der Waals surface area contributed by atoms with Crippen molar-refractivity contribution in [2.24, 2.45) is 5.92 Å². The van der Waals surface area contributed by atoms with Gasteiger partial charge < -0.3 is 10.6 Å². The molecule has 0 spiro atoms. The minimum atomic E-state index is -0.702. The number of hydrogen-bond donors (Lipinski definition) is 2. The Morgan fingerprint density at radius 1 is 1.21 bits per heavy atom. The summed E-state index contributed by atoms with van der Waals surface area (Å²) in [5.41, 5.74) is 0.212. The molecular weight excluding hydrogens is 334 g/mol. The summed E-state index contributed by atoms with van der Waals surface area (Å²) in [7, 11) is 0. The largest absolute Gasteiger partial charge is 0.345 e. The number of carbonyl (C=O) groups excluding carboxylic acids is 2. The minimum absolute atomic E-state index is 0.0226. The summed E-state index contributed by atoms with van der Waals surface area (Å²) in [6.07, 6.45) is 1.82. The molecule has 4 nitrogen and oxygen atoms in total. The molecular formula is C17H16F2N2O2S. The standard InChI is InChI=1S/C17H16F2N2O2S/c1-9(12-5-4-11(18)8-13(12)19)20-17(23)14-6-7-15(24-14)21-16(22)10-2-3-10/h4-10H,2-3H2,1H3,(H,20,23)(H,21,22). The molecule has 0 bridgehead atoms. The molecule has 1 aromatic heterocycles. The first-order chi connectivity index (χ1) is 11.4. The van der Waals surface area contributed by atoms with Crippen molar-refractivity contribution < 1.29 is 18.4 Å². The smallest absolute Gasteiger partial charge is 0.261 e. The van der Waals surface area contributed by atoms with Crippen molar-refractivity contribution in [3.8, 4) is 0 Å². The molecule has 2 aromatic rings. The molecule has 0 saturated heterocycles. The maximum absolute atomic E-state index is 13.7. The lowest BCUT2D eigenvalue weighted by atomic mass is 10.1. The number of benzene rings is 1. The zero-order chi connectivity index (χ0) is 17.3. The Balaban J connectivity index is 1.63. The number of nitrogens with one attached hydrogen (secondary N) is 2. The van der Waals surface area contributed by atoms with Gasteiger partial charge in [-0.05, 0) is 38.0 Å². The van der Waals surface area contributed by atoms with E-state index in [4.69, 9.17) is 0 Å². The Bertz CT molecular complexity index is 787. The Hall–Kier alpha value is -2.28. The summed E-state index contributed by atoms with van der Waals surface area (Å²) >= 11 is 1.16. The van der Waals surface area contributed by atoms with Crippen molar-refractivity contribution in [1.82, 2.24) is 5.32 Å². The average Bonchev–Trinajstić information content (AvgIpc) is 3.27. The second-order valence-electron chi connectivity index (χ2n) is 5.79. The number of rotatable bonds is 5. The van der Waals surface area contributed by atoms with Crippen LogP contribution in [0.2, 0.25) is 0 Å². The summed E-state index contributed by atoms with van der Waals surface area (Å²) in [5.74, 6) is -1.67. The fourth-order valence-electron chi connectivity index (χ4n) is 2.29. The molecule has 1 aromatic carbocycles. The molecule has 24 heavy (non-hydrogen) atoms. The maximum atomic E-state index is 13.7. The molecule has 7 heteroatoms. The van der Waals surface area contributed by atoms with Crippen LogP contribution in [0.1, 0.15) is 41.0 Å². The first kappa shape index (κ1) is 16.6. The third-order valence-electron chi connectivity index (χ3n) is 3.80. The van der Waals surface area contributed by atoms with E-state index in [0.717, 1.165) is 36.3 Å². The van der Waals surface area contributed by atoms with Crippen LogP contribution in [0.4, 0.5) is 13.8 Å². The number of thiophene rings is 1. The number of halogens is 2. The van der Waals surface area contributed by atoms with Gasteiger partial charge in [0.05, 0.1) is 15.9 Å². The highest BCUT2D eigenvalue weighted by Gasteiger charge is 2.30. The van der Waals surface area contributed by atoms with Crippen LogP contribution in [0.3, 0.4) is 0 Å². The zero-order valence-electron chi connectivity index (χ0n) is 12.9. The maximum Gasteiger partial charge on any atom is 0.261 e. The molecule has 2 N–H and O–H groups in total. The van der Waals surface area contributed by atoms with Crippen molar-refractivity contribution in [2.45, 2.75) is 25.8 Å². The molecule has 0 aliphatic heterocycles. The van der Waals surface area contributed by atoms with E-state index in [0.29, 0.717) is 9.88 Å². The highest BCUT2D eigenvalue weighted by atomic mass is 32.1. The molecule has 126 valence electrons. The third kappa shape index (κ3) is 3.79. The van der Waals surface area contributed by atoms with E-state index in [1.54, 1.807) is 19.1 Å². The third-order valence-corrected chi connectivity index (χ3v) is 4.80. The lowest BCUT2D eigenvalue weighted by Gasteiger charge is -2.14. The number of anilines is 1. The molecule has 1 unspecified atom stereocenters. The normalized spacial score (nSPS) is 15.0. The molecule has 1 aliphatic carbocycles. The number of amides is 2. The fourth-order valence-corrected chi connectivity index (χ4v) is 3.11. The first-order valence-corrected chi connectivity index (χ1v) is 8.42. The Labute approximate surface area is 141 Å². The van der Waals surface area contributed by atoms with Gasteiger partial charge in [-0.15, -0.1) is 11.3 Å². The Morgan fingerprint density at radius 2 is 1.96 bits per heavy atom. The Morgan fingerprint density at radius 3 is 2.62 bits per heavy atom. The zero-order valence-corrected chi connectivity index (χ0v) is 13.8. The van der Waals surface area contributed by atoms with Gasteiger partial charge in [0.1, 0.15) is 11.6 Å². The lowest BCUT2D eigenvalue weighted by molar-refractivity contribution is -0.117. The average molecular weight is 350 g/mol. The van der Waals surface area contributed by atoms with Crippen molar-refractivity contribution in [1.29, 1.82) is 0 Å². The topological polar surface area (TPSA) is 58.2 Å². The van der Waals surface area contributed by atoms with Crippen molar-refractivity contribution in [3.63, 3.8) is 0 Å².